The molecule has 2 N–H and O–H groups in total. The smallest absolute Gasteiger partial charge is 0.417 e. The number of carbonyl (C=O) groups is 1. The highest BCUT2D eigenvalue weighted by Gasteiger charge is 2.36. The number of nitrogens with zero attached hydrogens (tertiary/aromatic N) is 5. The average molecular weight is 509 g/mol. The maximum Gasteiger partial charge on any atom is 0.417 e. The molecule has 3 aromatic heterocycles. The fraction of sp³-hybridized carbons (Fsp3) is 0.455. The van der Waals surface area contributed by atoms with Crippen molar-refractivity contribution in [3.05, 3.63) is 40.4 Å². The molecule has 1 aliphatic heterocycles. The first-order chi connectivity index (χ1) is 17.0. The van der Waals surface area contributed by atoms with Crippen molar-refractivity contribution in [3.63, 3.8) is 0 Å². The first-order valence-corrected chi connectivity index (χ1v) is 11.0. The Hall–Kier alpha value is -3.81. The number of urea groups is 1. The number of ether oxygens (including phenoxy) is 2. The minimum atomic E-state index is -4.66. The molecule has 0 bridgehead atoms. The van der Waals surface area contributed by atoms with Gasteiger partial charge in [0.1, 0.15) is 5.69 Å². The highest BCUT2D eigenvalue weighted by atomic mass is 19.4. The Kier molecular flexibility index (Phi) is 6.80. The molecule has 1 aliphatic rings. The lowest BCUT2D eigenvalue weighted by Gasteiger charge is -2.42. The average Bonchev–Trinajstić information content (AvgIpc) is 3.27. The zero-order valence-corrected chi connectivity index (χ0v) is 20.1. The third-order valence-corrected chi connectivity index (χ3v) is 6.32. The van der Waals surface area contributed by atoms with Crippen LogP contribution >= 0.6 is 0 Å². The van der Waals surface area contributed by atoms with Gasteiger partial charge in [-0.1, -0.05) is 0 Å². The van der Waals surface area contributed by atoms with E-state index in [2.05, 4.69) is 25.4 Å². The van der Waals surface area contributed by atoms with Crippen molar-refractivity contribution in [1.82, 2.24) is 24.6 Å². The summed E-state index contributed by atoms with van der Waals surface area (Å²) in [5.74, 6) is 0.426. The number of alkyl halides is 3. The van der Waals surface area contributed by atoms with Gasteiger partial charge in [-0.2, -0.15) is 13.2 Å². The molecule has 1 saturated heterocycles. The van der Waals surface area contributed by atoms with Gasteiger partial charge in [0, 0.05) is 40.5 Å². The molecule has 36 heavy (non-hydrogen) atoms. The number of likely N-dealkylation sites (N-methyl/N-ethyl adjacent to an activating group) is 1. The van der Waals surface area contributed by atoms with E-state index in [1.54, 1.807) is 6.20 Å². The number of H-pyrrole nitrogens is 1. The number of piperidine rings is 1. The van der Waals surface area contributed by atoms with Crippen LogP contribution in [-0.2, 0) is 18.0 Å². The van der Waals surface area contributed by atoms with Gasteiger partial charge in [0.05, 0.1) is 42.1 Å². The summed E-state index contributed by atoms with van der Waals surface area (Å²) < 4.78 is 51.2. The van der Waals surface area contributed by atoms with Crippen molar-refractivity contribution in [3.8, 4) is 5.88 Å². The summed E-state index contributed by atoms with van der Waals surface area (Å²) in [6.45, 7) is 0.984. The lowest BCUT2D eigenvalue weighted by Crippen LogP contribution is -2.56. The van der Waals surface area contributed by atoms with Crippen LogP contribution in [0.4, 0.5) is 29.3 Å². The Balaban J connectivity index is 1.49. The molecule has 0 saturated carbocycles. The number of pyridine rings is 2. The van der Waals surface area contributed by atoms with E-state index in [0.717, 1.165) is 15.6 Å². The maximum absolute atomic E-state index is 13.2. The largest absolute Gasteiger partial charge is 0.479 e. The molecule has 4 rings (SSSR count). The van der Waals surface area contributed by atoms with Gasteiger partial charge in [-0.3, -0.25) is 9.89 Å². The van der Waals surface area contributed by atoms with E-state index in [-0.39, 0.29) is 6.04 Å². The topological polar surface area (TPSA) is 118 Å². The van der Waals surface area contributed by atoms with Crippen LogP contribution in [0.25, 0.3) is 11.0 Å². The van der Waals surface area contributed by atoms with Crippen LogP contribution in [-0.4, -0.2) is 77.2 Å². The molecule has 11 nitrogen and oxygen atoms in total. The lowest BCUT2D eigenvalue weighted by molar-refractivity contribution is -0.138. The van der Waals surface area contributed by atoms with E-state index in [0.29, 0.717) is 43.3 Å². The molecule has 14 heteroatoms. The minimum absolute atomic E-state index is 0.388. The first kappa shape index (κ1) is 25.3. The zero-order valence-electron chi connectivity index (χ0n) is 20.1. The van der Waals surface area contributed by atoms with E-state index in [1.165, 1.54) is 33.2 Å². The molecule has 194 valence electrons. The quantitative estimate of drug-likeness (QED) is 0.543. The molecule has 0 aliphatic carbocycles. The number of carbonyl (C=O) groups excluding carboxylic acids is 1. The number of nitrogens with one attached hydrogen (secondary N) is 2. The van der Waals surface area contributed by atoms with Crippen LogP contribution in [0, 0.1) is 0 Å². The number of rotatable bonds is 5. The molecule has 0 spiro atoms. The van der Waals surface area contributed by atoms with Crippen molar-refractivity contribution in [2.45, 2.75) is 24.7 Å². The second-order valence-corrected chi connectivity index (χ2v) is 8.50. The molecule has 0 unspecified atom stereocenters. The van der Waals surface area contributed by atoms with Crippen LogP contribution in [0.2, 0.25) is 0 Å². The van der Waals surface area contributed by atoms with Crippen LogP contribution < -0.4 is 20.5 Å². The number of anilines is 2. The van der Waals surface area contributed by atoms with Crippen LogP contribution in [0.15, 0.2) is 29.3 Å². The van der Waals surface area contributed by atoms with Gasteiger partial charge in [-0.15, -0.1) is 5.10 Å². The van der Waals surface area contributed by atoms with E-state index in [4.69, 9.17) is 9.47 Å². The predicted octanol–water partition coefficient (Wildman–Crippen LogP) is 2.44. The number of amides is 2. The van der Waals surface area contributed by atoms with Crippen molar-refractivity contribution >= 4 is 28.4 Å². The summed E-state index contributed by atoms with van der Waals surface area (Å²) in [5, 5.41) is 9.91. The number of aryl methyl sites for hydroxylation is 1. The number of aromatic nitrogens is 4. The highest BCUT2D eigenvalue weighted by Crippen LogP contribution is 2.31. The van der Waals surface area contributed by atoms with E-state index < -0.39 is 35.1 Å². The first-order valence-electron chi connectivity index (χ1n) is 11.0. The molecular weight excluding hydrogens is 483 g/mol. The lowest BCUT2D eigenvalue weighted by atomic mass is 10.00. The number of hydrogen-bond donors (Lipinski definition) is 2. The zero-order chi connectivity index (χ0) is 26.2. The Bertz CT molecular complexity index is 1320. The Morgan fingerprint density at radius 1 is 1.31 bits per heavy atom. The SMILES string of the molecule is COc1n[nH]c2ncc(N3CC[C@@H](N(C)C(=O)Nc4cc(C(F)(F)F)cn(C)c4=O)[C@@H](OC)C3)cc12. The summed E-state index contributed by atoms with van der Waals surface area (Å²) in [4.78, 5) is 33.0. The van der Waals surface area contributed by atoms with Gasteiger partial charge >= 0.3 is 12.2 Å². The molecule has 3 aromatic rings. The Morgan fingerprint density at radius 2 is 2.06 bits per heavy atom. The molecule has 2 atom stereocenters. The molecule has 1 fully saturated rings. The number of hydrogen-bond acceptors (Lipinski definition) is 7. The van der Waals surface area contributed by atoms with E-state index >= 15 is 0 Å². The van der Waals surface area contributed by atoms with Gasteiger partial charge in [0.25, 0.3) is 5.56 Å². The summed E-state index contributed by atoms with van der Waals surface area (Å²) >= 11 is 0. The number of aromatic amines is 1. The molecule has 2 amide bonds. The van der Waals surface area contributed by atoms with Gasteiger partial charge in [-0.05, 0) is 18.6 Å². The van der Waals surface area contributed by atoms with Crippen LogP contribution in [0.1, 0.15) is 12.0 Å². The van der Waals surface area contributed by atoms with Crippen molar-refractivity contribution < 1.29 is 27.4 Å². The van der Waals surface area contributed by atoms with E-state index in [1.807, 2.05) is 6.07 Å². The van der Waals surface area contributed by atoms with Gasteiger partial charge in [0.15, 0.2) is 5.65 Å². The number of methoxy groups -OCH3 is 2. The van der Waals surface area contributed by atoms with E-state index in [9.17, 15) is 22.8 Å². The standard InChI is InChI=1S/C22H26F3N7O4/c1-30-10-12(22(23,24)25)7-15(20(30)33)27-21(34)31(2)16-5-6-32(11-17(16)35-3)13-8-14-18(26-9-13)28-29-19(14)36-4/h7-10,16-17H,5-6,11H2,1-4H3,(H,27,34)(H,26,28,29)/t16-,17+/m1/s1. The molecule has 0 aromatic carbocycles. The summed E-state index contributed by atoms with van der Waals surface area (Å²) in [7, 11) is 5.75. The Labute approximate surface area is 203 Å². The molecule has 4 heterocycles. The summed E-state index contributed by atoms with van der Waals surface area (Å²) in [5.41, 5.74) is -0.830. The van der Waals surface area contributed by atoms with Crippen LogP contribution in [0.5, 0.6) is 5.88 Å². The predicted molar refractivity (Wildman–Crippen MR) is 125 cm³/mol. The maximum atomic E-state index is 13.2. The second-order valence-electron chi connectivity index (χ2n) is 8.50. The fourth-order valence-electron chi connectivity index (χ4n) is 4.32. The highest BCUT2D eigenvalue weighted by molar-refractivity contribution is 5.89. The fourth-order valence-corrected chi connectivity index (χ4v) is 4.32. The minimum Gasteiger partial charge on any atom is -0.479 e. The third kappa shape index (κ3) is 4.80. The van der Waals surface area contributed by atoms with Crippen molar-refractivity contribution in [2.75, 3.05) is 44.6 Å². The molecular formula is C22H26F3N7O4. The summed E-state index contributed by atoms with van der Waals surface area (Å²) in [6, 6.07) is 1.44. The van der Waals surface area contributed by atoms with Crippen molar-refractivity contribution in [1.29, 1.82) is 0 Å². The second kappa shape index (κ2) is 9.68. The van der Waals surface area contributed by atoms with Gasteiger partial charge < -0.3 is 29.2 Å². The normalized spacial score (nSPS) is 18.4. The molecule has 0 radical (unpaired) electrons. The van der Waals surface area contributed by atoms with Gasteiger partial charge in [0.2, 0.25) is 5.88 Å². The number of halogens is 3. The van der Waals surface area contributed by atoms with Crippen LogP contribution in [0.3, 0.4) is 0 Å². The third-order valence-electron chi connectivity index (χ3n) is 6.32. The monoisotopic (exact) mass is 509 g/mol. The number of fused-ring (bicyclic) bond motifs is 1. The van der Waals surface area contributed by atoms with Crippen molar-refractivity contribution in [2.24, 2.45) is 7.05 Å². The summed E-state index contributed by atoms with van der Waals surface area (Å²) in [6.07, 6.45) is -2.19. The Morgan fingerprint density at radius 3 is 2.72 bits per heavy atom. The van der Waals surface area contributed by atoms with Gasteiger partial charge in [-0.25, -0.2) is 9.78 Å².